The van der Waals surface area contributed by atoms with E-state index in [0.717, 1.165) is 43.6 Å². The number of rotatable bonds is 10. The van der Waals surface area contributed by atoms with E-state index in [4.69, 9.17) is 42.1 Å². The highest BCUT2D eigenvalue weighted by Crippen LogP contribution is 2.41. The van der Waals surface area contributed by atoms with Crippen LogP contribution < -0.4 is 14.2 Å². The number of halogens is 2. The van der Waals surface area contributed by atoms with Gasteiger partial charge in [-0.25, -0.2) is 0 Å². The van der Waals surface area contributed by atoms with Gasteiger partial charge in [0.15, 0.2) is 11.5 Å². The maximum Gasteiger partial charge on any atom is 0.254 e. The average molecular weight is 685 g/mol. The molecule has 3 aromatic rings. The van der Waals surface area contributed by atoms with Gasteiger partial charge in [-0.3, -0.25) is 9.59 Å². The van der Waals surface area contributed by atoms with E-state index in [9.17, 15) is 9.59 Å². The monoisotopic (exact) mass is 683 g/mol. The normalized spacial score (nSPS) is 19.6. The third-order valence-corrected chi connectivity index (χ3v) is 10.1. The molecule has 0 aromatic heterocycles. The molecular weight excluding hydrogens is 641 g/mol. The molecule has 2 fully saturated rings. The molecule has 2 amide bonds. The minimum absolute atomic E-state index is 0.139. The summed E-state index contributed by atoms with van der Waals surface area (Å²) in [4.78, 5) is 33.7. The summed E-state index contributed by atoms with van der Waals surface area (Å²) in [6.45, 7) is 3.05. The van der Waals surface area contributed by atoms with Crippen LogP contribution >= 0.6 is 23.2 Å². The smallest absolute Gasteiger partial charge is 0.254 e. The number of amides is 2. The van der Waals surface area contributed by atoms with Crippen LogP contribution in [0.2, 0.25) is 10.0 Å². The largest absolute Gasteiger partial charge is 0.493 e. The van der Waals surface area contributed by atoms with Crippen molar-refractivity contribution in [3.8, 4) is 17.2 Å². The van der Waals surface area contributed by atoms with E-state index < -0.39 is 11.5 Å². The van der Waals surface area contributed by atoms with Crippen LogP contribution in [0.15, 0.2) is 60.7 Å². The Balaban J connectivity index is 1.39. The van der Waals surface area contributed by atoms with E-state index in [2.05, 4.69) is 17.0 Å². The molecule has 11 heteroatoms. The van der Waals surface area contributed by atoms with Gasteiger partial charge in [0.1, 0.15) is 0 Å². The lowest BCUT2D eigenvalue weighted by atomic mass is 9.71. The third-order valence-electron chi connectivity index (χ3n) is 9.39. The van der Waals surface area contributed by atoms with Gasteiger partial charge in [0.25, 0.3) is 5.91 Å². The minimum atomic E-state index is -0.547. The summed E-state index contributed by atoms with van der Waals surface area (Å²) in [7, 11) is 8.23. The molecule has 0 aliphatic carbocycles. The zero-order valence-corrected chi connectivity index (χ0v) is 29.1. The van der Waals surface area contributed by atoms with Crippen molar-refractivity contribution in [2.75, 3.05) is 68.2 Å². The van der Waals surface area contributed by atoms with Crippen molar-refractivity contribution < 1.29 is 28.5 Å². The van der Waals surface area contributed by atoms with Crippen LogP contribution in [0.5, 0.6) is 17.2 Å². The van der Waals surface area contributed by atoms with Gasteiger partial charge < -0.3 is 33.6 Å². The van der Waals surface area contributed by atoms with E-state index in [1.165, 1.54) is 21.3 Å². The van der Waals surface area contributed by atoms with Gasteiger partial charge in [-0.1, -0.05) is 59.6 Å². The minimum Gasteiger partial charge on any atom is -0.493 e. The summed E-state index contributed by atoms with van der Waals surface area (Å²) >= 11 is 12.8. The second-order valence-electron chi connectivity index (χ2n) is 12.2. The van der Waals surface area contributed by atoms with Crippen LogP contribution in [0, 0.1) is 0 Å². The maximum absolute atomic E-state index is 14.3. The number of methoxy groups -OCH3 is 3. The second kappa shape index (κ2) is 15.2. The van der Waals surface area contributed by atoms with Crippen LogP contribution in [-0.2, 0) is 14.9 Å². The maximum atomic E-state index is 14.3. The van der Waals surface area contributed by atoms with Crippen LogP contribution in [0.3, 0.4) is 0 Å². The lowest BCUT2D eigenvalue weighted by Gasteiger charge is -2.44. The van der Waals surface area contributed by atoms with E-state index in [-0.39, 0.29) is 17.9 Å². The number of carbonyl (C=O) groups is 2. The average Bonchev–Trinajstić information content (AvgIpc) is 3.10. The van der Waals surface area contributed by atoms with Crippen LogP contribution in [0.1, 0.15) is 46.8 Å². The number of likely N-dealkylation sites (N-methyl/N-ethyl adjacent to an activating group) is 1. The summed E-state index contributed by atoms with van der Waals surface area (Å²) < 4.78 is 22.9. The molecule has 9 nitrogen and oxygen atoms in total. The molecule has 5 rings (SSSR count). The summed E-state index contributed by atoms with van der Waals surface area (Å²) in [5, 5.41) is 0.848. The molecule has 2 saturated heterocycles. The van der Waals surface area contributed by atoms with Crippen molar-refractivity contribution in [2.45, 2.75) is 36.8 Å². The highest BCUT2D eigenvalue weighted by molar-refractivity contribution is 6.42. The van der Waals surface area contributed by atoms with Crippen LogP contribution in [-0.4, -0.2) is 101 Å². The highest BCUT2D eigenvalue weighted by atomic mass is 35.5. The molecule has 0 radical (unpaired) electrons. The number of carbonyl (C=O) groups excluding carboxylic acids is 2. The van der Waals surface area contributed by atoms with E-state index in [0.29, 0.717) is 52.4 Å². The van der Waals surface area contributed by atoms with Gasteiger partial charge in [-0.05, 0) is 67.7 Å². The van der Waals surface area contributed by atoms with E-state index in [1.54, 1.807) is 23.1 Å². The van der Waals surface area contributed by atoms with Crippen molar-refractivity contribution in [3.63, 3.8) is 0 Å². The summed E-state index contributed by atoms with van der Waals surface area (Å²) in [6.07, 6.45) is 1.81. The number of ether oxygens (including phenoxy) is 4. The van der Waals surface area contributed by atoms with Crippen LogP contribution in [0.25, 0.3) is 0 Å². The molecule has 1 unspecified atom stereocenters. The standard InChI is InChI=1S/C36H43Cl2N3O6/c1-39(2)35(43)36(26-9-7-6-8-10-26)14-17-40(18-15-36)16-13-29-32(24-11-12-27(37)28(38)21-24)41(19-20-47-29)34(42)25-22-30(44-3)33(46-5)31(23-25)45-4/h6-12,21-23,29,32H,13-20H2,1-5H3/t29-,32?/m1/s1. The SMILES string of the molecule is COc1cc(C(=O)N2CCO[C@H](CCN3CCC(C(=O)N(C)C)(c4ccccc4)CC3)C2c2ccc(Cl)c(Cl)c2)cc(OC)c1OC. The molecule has 252 valence electrons. The van der Waals surface area contributed by atoms with Gasteiger partial charge in [-0.15, -0.1) is 0 Å². The topological polar surface area (TPSA) is 80.8 Å². The van der Waals surface area contributed by atoms with Crippen molar-refractivity contribution in [2.24, 2.45) is 0 Å². The quantitative estimate of drug-likeness (QED) is 0.255. The fraction of sp³-hybridized carbons (Fsp3) is 0.444. The molecule has 47 heavy (non-hydrogen) atoms. The Hall–Kier alpha value is -3.50. The second-order valence-corrected chi connectivity index (χ2v) is 13.0. The van der Waals surface area contributed by atoms with Gasteiger partial charge >= 0.3 is 0 Å². The van der Waals surface area contributed by atoms with Crippen molar-refractivity contribution >= 4 is 35.0 Å². The first-order valence-electron chi connectivity index (χ1n) is 15.8. The molecule has 2 atom stereocenters. The zero-order valence-electron chi connectivity index (χ0n) is 27.6. The molecular formula is C36H43Cl2N3O6. The molecule has 3 aromatic carbocycles. The van der Waals surface area contributed by atoms with Crippen molar-refractivity contribution in [1.29, 1.82) is 0 Å². The number of morpholine rings is 1. The molecule has 0 bridgehead atoms. The lowest BCUT2D eigenvalue weighted by molar-refractivity contribution is -0.137. The zero-order chi connectivity index (χ0) is 33.7. The number of likely N-dealkylation sites (tertiary alicyclic amines) is 1. The van der Waals surface area contributed by atoms with E-state index >= 15 is 0 Å². The molecule has 0 spiro atoms. The Morgan fingerprint density at radius 2 is 1.55 bits per heavy atom. The molecule has 0 saturated carbocycles. The summed E-state index contributed by atoms with van der Waals surface area (Å²) in [6, 6.07) is 18.5. The summed E-state index contributed by atoms with van der Waals surface area (Å²) in [5.41, 5.74) is 1.76. The predicted molar refractivity (Wildman–Crippen MR) is 183 cm³/mol. The number of hydrogen-bond acceptors (Lipinski definition) is 7. The Labute approximate surface area is 287 Å². The van der Waals surface area contributed by atoms with Gasteiger partial charge in [-0.2, -0.15) is 0 Å². The van der Waals surface area contributed by atoms with Crippen molar-refractivity contribution in [1.82, 2.24) is 14.7 Å². The van der Waals surface area contributed by atoms with Crippen molar-refractivity contribution in [3.05, 3.63) is 87.4 Å². The Morgan fingerprint density at radius 1 is 0.894 bits per heavy atom. The third kappa shape index (κ3) is 7.18. The summed E-state index contributed by atoms with van der Waals surface area (Å²) in [5.74, 6) is 1.16. The Morgan fingerprint density at radius 3 is 2.13 bits per heavy atom. The molecule has 2 aliphatic heterocycles. The predicted octanol–water partition coefficient (Wildman–Crippen LogP) is 6.11. The first kappa shape index (κ1) is 34.8. The molecule has 2 aliphatic rings. The molecule has 2 heterocycles. The van der Waals surface area contributed by atoms with E-state index in [1.807, 2.05) is 49.3 Å². The van der Waals surface area contributed by atoms with Gasteiger partial charge in [0.05, 0.1) is 55.5 Å². The number of hydrogen-bond donors (Lipinski definition) is 0. The molecule has 0 N–H and O–H groups in total. The lowest BCUT2D eigenvalue weighted by Crippen LogP contribution is -2.52. The first-order valence-corrected chi connectivity index (χ1v) is 16.6. The van der Waals surface area contributed by atoms with Crippen LogP contribution in [0.4, 0.5) is 0 Å². The fourth-order valence-electron chi connectivity index (χ4n) is 6.94. The number of nitrogens with zero attached hydrogens (tertiary/aromatic N) is 3. The van der Waals surface area contributed by atoms with Gasteiger partial charge in [0.2, 0.25) is 11.7 Å². The number of benzene rings is 3. The highest BCUT2D eigenvalue weighted by Gasteiger charge is 2.44. The van der Waals surface area contributed by atoms with Gasteiger partial charge in [0, 0.05) is 32.7 Å². The number of piperidine rings is 1. The fourth-order valence-corrected chi connectivity index (χ4v) is 7.25. The first-order chi connectivity index (χ1) is 22.6. The Bertz CT molecular complexity index is 1540. The Kier molecular flexibility index (Phi) is 11.2.